The molecule has 2 atom stereocenters. The number of hydrogen-bond acceptors (Lipinski definition) is 4. The molecule has 1 N–H and O–H groups in total. The molecule has 90 valence electrons. The second-order valence-electron chi connectivity index (χ2n) is 4.03. The largest absolute Gasteiger partial charge is 0.477 e. The topological polar surface area (TPSA) is 74.7 Å². The molecule has 1 aliphatic rings. The number of imide groups is 1. The van der Waals surface area contributed by atoms with Gasteiger partial charge in [-0.15, -0.1) is 11.3 Å². The van der Waals surface area contributed by atoms with E-state index in [9.17, 15) is 14.4 Å². The number of thiophene rings is 1. The molecular weight excluding hydrogens is 242 g/mol. The highest BCUT2D eigenvalue weighted by Gasteiger charge is 2.44. The van der Waals surface area contributed by atoms with Gasteiger partial charge in [0.15, 0.2) is 0 Å². The third-order valence-corrected chi connectivity index (χ3v) is 3.94. The fourth-order valence-electron chi connectivity index (χ4n) is 1.82. The summed E-state index contributed by atoms with van der Waals surface area (Å²) in [6, 6.07) is 1.49. The van der Waals surface area contributed by atoms with E-state index in [1.165, 1.54) is 6.07 Å². The molecule has 1 aromatic heterocycles. The molecule has 2 rings (SSSR count). The highest BCUT2D eigenvalue weighted by Crippen LogP contribution is 2.34. The molecule has 0 radical (unpaired) electrons. The molecular formula is C11H11NO4S. The molecule has 1 aliphatic heterocycles. The monoisotopic (exact) mass is 253 g/mol. The van der Waals surface area contributed by atoms with Crippen LogP contribution in [-0.2, 0) is 9.59 Å². The Balaban J connectivity index is 2.47. The molecule has 0 aliphatic carbocycles. The minimum absolute atomic E-state index is 0.0213. The molecule has 0 spiro atoms. The Morgan fingerprint density at radius 3 is 2.29 bits per heavy atom. The number of carbonyl (C=O) groups excluding carboxylic acids is 2. The maximum atomic E-state index is 11.9. The maximum absolute atomic E-state index is 11.9. The molecule has 5 nitrogen and oxygen atoms in total. The van der Waals surface area contributed by atoms with Crippen LogP contribution in [0, 0.1) is 11.8 Å². The smallest absolute Gasteiger partial charge is 0.348 e. The first kappa shape index (κ1) is 11.8. The molecule has 1 fully saturated rings. The summed E-state index contributed by atoms with van der Waals surface area (Å²) >= 11 is 1.01. The molecule has 2 unspecified atom stereocenters. The molecule has 17 heavy (non-hydrogen) atoms. The number of nitrogens with zero attached hydrogens (tertiary/aromatic N) is 1. The van der Waals surface area contributed by atoms with Crippen molar-refractivity contribution in [3.8, 4) is 0 Å². The minimum Gasteiger partial charge on any atom is -0.477 e. The van der Waals surface area contributed by atoms with E-state index >= 15 is 0 Å². The summed E-state index contributed by atoms with van der Waals surface area (Å²) in [6.45, 7) is 3.36. The van der Waals surface area contributed by atoms with Crippen LogP contribution < -0.4 is 4.90 Å². The van der Waals surface area contributed by atoms with Gasteiger partial charge in [-0.25, -0.2) is 9.69 Å². The van der Waals surface area contributed by atoms with Gasteiger partial charge in [-0.2, -0.15) is 0 Å². The van der Waals surface area contributed by atoms with E-state index in [1.54, 1.807) is 19.2 Å². The van der Waals surface area contributed by atoms with Crippen LogP contribution in [-0.4, -0.2) is 22.9 Å². The molecule has 2 heterocycles. The van der Waals surface area contributed by atoms with Crippen LogP contribution in [0.5, 0.6) is 0 Å². The van der Waals surface area contributed by atoms with Crippen LogP contribution in [0.1, 0.15) is 23.5 Å². The summed E-state index contributed by atoms with van der Waals surface area (Å²) in [5.74, 6) is -2.58. The van der Waals surface area contributed by atoms with Gasteiger partial charge in [0.2, 0.25) is 11.8 Å². The van der Waals surface area contributed by atoms with Crippen LogP contribution in [0.3, 0.4) is 0 Å². The number of amides is 2. The summed E-state index contributed by atoms with van der Waals surface area (Å²) in [7, 11) is 0. The van der Waals surface area contributed by atoms with E-state index in [1.807, 2.05) is 0 Å². The van der Waals surface area contributed by atoms with E-state index in [4.69, 9.17) is 5.11 Å². The molecule has 6 heteroatoms. The van der Waals surface area contributed by atoms with E-state index in [-0.39, 0.29) is 22.4 Å². The second kappa shape index (κ2) is 3.96. The van der Waals surface area contributed by atoms with Gasteiger partial charge in [0, 0.05) is 11.8 Å². The van der Waals surface area contributed by atoms with Gasteiger partial charge in [-0.1, -0.05) is 13.8 Å². The number of carboxylic acids is 1. The van der Waals surface area contributed by atoms with Gasteiger partial charge in [0.05, 0.1) is 5.69 Å². The second-order valence-corrected chi connectivity index (χ2v) is 4.95. The third-order valence-electron chi connectivity index (χ3n) is 3.05. The molecule has 0 bridgehead atoms. The van der Waals surface area contributed by atoms with Crippen molar-refractivity contribution in [2.45, 2.75) is 13.8 Å². The number of hydrogen-bond donors (Lipinski definition) is 1. The summed E-state index contributed by atoms with van der Waals surface area (Å²) in [6.07, 6.45) is 0. The normalized spacial score (nSPS) is 24.5. The zero-order chi connectivity index (χ0) is 12.7. The summed E-state index contributed by atoms with van der Waals surface area (Å²) in [5, 5.41) is 10.5. The van der Waals surface area contributed by atoms with Gasteiger partial charge in [0.25, 0.3) is 0 Å². The Morgan fingerprint density at radius 2 is 1.82 bits per heavy atom. The van der Waals surface area contributed by atoms with Crippen LogP contribution in [0.4, 0.5) is 5.69 Å². The highest BCUT2D eigenvalue weighted by atomic mass is 32.1. The predicted molar refractivity (Wildman–Crippen MR) is 62.1 cm³/mol. The number of carboxylic acid groups (broad SMARTS) is 1. The lowest BCUT2D eigenvalue weighted by atomic mass is 10.00. The third kappa shape index (κ3) is 1.64. The van der Waals surface area contributed by atoms with Crippen LogP contribution in [0.25, 0.3) is 0 Å². The van der Waals surface area contributed by atoms with Crippen molar-refractivity contribution < 1.29 is 19.5 Å². The lowest BCUT2D eigenvalue weighted by Crippen LogP contribution is -2.31. The Labute approximate surface area is 102 Å². The fourth-order valence-corrected chi connectivity index (χ4v) is 2.53. The van der Waals surface area contributed by atoms with E-state index in [0.29, 0.717) is 0 Å². The van der Waals surface area contributed by atoms with Crippen LogP contribution >= 0.6 is 11.3 Å². The molecule has 0 aromatic carbocycles. The Morgan fingerprint density at radius 1 is 1.29 bits per heavy atom. The first-order valence-corrected chi connectivity index (χ1v) is 6.01. The molecule has 2 amide bonds. The Hall–Kier alpha value is -1.69. The molecule has 1 saturated heterocycles. The summed E-state index contributed by atoms with van der Waals surface area (Å²) < 4.78 is 0. The number of anilines is 1. The predicted octanol–water partition coefficient (Wildman–Crippen LogP) is 1.59. The molecule has 1 aromatic rings. The summed E-state index contributed by atoms with van der Waals surface area (Å²) in [4.78, 5) is 35.8. The Kier molecular flexibility index (Phi) is 2.74. The van der Waals surface area contributed by atoms with Crippen molar-refractivity contribution in [3.05, 3.63) is 16.3 Å². The van der Waals surface area contributed by atoms with E-state index in [2.05, 4.69) is 0 Å². The van der Waals surface area contributed by atoms with Gasteiger partial charge < -0.3 is 5.11 Å². The standard InChI is InChI=1S/C11H11NO4S/c1-5-6(2)10(14)12(9(5)13)7-3-4-17-8(7)11(15)16/h3-6H,1-2H3,(H,15,16). The van der Waals surface area contributed by atoms with Crippen LogP contribution in [0.15, 0.2) is 11.4 Å². The van der Waals surface area contributed by atoms with Gasteiger partial charge in [-0.05, 0) is 11.4 Å². The average Bonchev–Trinajstić information content (AvgIpc) is 2.81. The molecule has 0 saturated carbocycles. The van der Waals surface area contributed by atoms with Crippen molar-refractivity contribution in [3.63, 3.8) is 0 Å². The van der Waals surface area contributed by atoms with Gasteiger partial charge in [-0.3, -0.25) is 9.59 Å². The average molecular weight is 253 g/mol. The van der Waals surface area contributed by atoms with Crippen molar-refractivity contribution in [2.75, 3.05) is 4.90 Å². The lowest BCUT2D eigenvalue weighted by Gasteiger charge is -2.13. The van der Waals surface area contributed by atoms with Crippen molar-refractivity contribution in [1.29, 1.82) is 0 Å². The fraction of sp³-hybridized carbons (Fsp3) is 0.364. The lowest BCUT2D eigenvalue weighted by molar-refractivity contribution is -0.122. The first-order chi connectivity index (χ1) is 7.95. The van der Waals surface area contributed by atoms with E-state index < -0.39 is 17.8 Å². The first-order valence-electron chi connectivity index (χ1n) is 5.13. The number of aromatic carboxylic acids is 1. The van der Waals surface area contributed by atoms with Crippen molar-refractivity contribution >= 4 is 34.8 Å². The quantitative estimate of drug-likeness (QED) is 0.812. The maximum Gasteiger partial charge on any atom is 0.348 e. The zero-order valence-corrected chi connectivity index (χ0v) is 10.2. The summed E-state index contributed by atoms with van der Waals surface area (Å²) in [5.41, 5.74) is 0.189. The number of rotatable bonds is 2. The van der Waals surface area contributed by atoms with Gasteiger partial charge in [0.1, 0.15) is 4.88 Å². The zero-order valence-electron chi connectivity index (χ0n) is 9.34. The van der Waals surface area contributed by atoms with E-state index in [0.717, 1.165) is 16.2 Å². The van der Waals surface area contributed by atoms with Crippen molar-refractivity contribution in [2.24, 2.45) is 11.8 Å². The SMILES string of the molecule is CC1C(=O)N(c2ccsc2C(=O)O)C(=O)C1C. The van der Waals surface area contributed by atoms with Gasteiger partial charge >= 0.3 is 5.97 Å². The highest BCUT2D eigenvalue weighted by molar-refractivity contribution is 7.12. The Bertz CT molecular complexity index is 487. The van der Waals surface area contributed by atoms with Crippen molar-refractivity contribution in [1.82, 2.24) is 0 Å². The minimum atomic E-state index is -1.12. The number of carbonyl (C=O) groups is 3. The van der Waals surface area contributed by atoms with Crippen LogP contribution in [0.2, 0.25) is 0 Å².